The maximum Gasteiger partial charge on any atom is 0.299 e. The predicted octanol–water partition coefficient (Wildman–Crippen LogP) is 1.45. The third-order valence-electron chi connectivity index (χ3n) is 4.18. The van der Waals surface area contributed by atoms with Crippen LogP contribution in [-0.4, -0.2) is 42.1 Å². The van der Waals surface area contributed by atoms with Crippen molar-refractivity contribution in [2.24, 2.45) is 0 Å². The van der Waals surface area contributed by atoms with Crippen molar-refractivity contribution in [2.75, 3.05) is 18.5 Å². The summed E-state index contributed by atoms with van der Waals surface area (Å²) in [6, 6.07) is 3.94. The van der Waals surface area contributed by atoms with Crippen LogP contribution in [0.25, 0.3) is 0 Å². The number of likely N-dealkylation sites (N-methyl/N-ethyl adjacent to an activating group) is 1. The summed E-state index contributed by atoms with van der Waals surface area (Å²) in [5, 5.41) is 0. The van der Waals surface area contributed by atoms with Crippen molar-refractivity contribution in [2.45, 2.75) is 32.7 Å². The average molecular weight is 286 g/mol. The smallest absolute Gasteiger partial charge is 0.299 e. The van der Waals surface area contributed by atoms with Gasteiger partial charge < -0.3 is 4.90 Å². The van der Waals surface area contributed by atoms with E-state index >= 15 is 0 Å². The lowest BCUT2D eigenvalue weighted by Gasteiger charge is -2.22. The molecule has 3 rings (SSSR count). The maximum absolute atomic E-state index is 12.2. The molecule has 21 heavy (non-hydrogen) atoms. The average Bonchev–Trinajstić information content (AvgIpc) is 3.23. The van der Waals surface area contributed by atoms with E-state index in [9.17, 15) is 14.4 Å². The highest BCUT2D eigenvalue weighted by Crippen LogP contribution is 2.34. The number of Topliss-reactive ketones (excluding diaryl/α,β-unsaturated/α-hetero) is 1. The number of amides is 2. The van der Waals surface area contributed by atoms with E-state index < -0.39 is 11.7 Å². The van der Waals surface area contributed by atoms with E-state index in [2.05, 4.69) is 0 Å². The maximum atomic E-state index is 12.2. The molecule has 2 amide bonds. The lowest BCUT2D eigenvalue weighted by atomic mass is 10.0. The zero-order valence-electron chi connectivity index (χ0n) is 12.5. The van der Waals surface area contributed by atoms with E-state index in [0.717, 1.165) is 24.0 Å². The second-order valence-corrected chi connectivity index (χ2v) is 5.93. The number of rotatable bonds is 3. The van der Waals surface area contributed by atoms with Crippen LogP contribution in [-0.2, 0) is 9.59 Å². The molecule has 0 radical (unpaired) electrons. The molecule has 0 spiro atoms. The zero-order chi connectivity index (χ0) is 15.3. The van der Waals surface area contributed by atoms with Crippen molar-refractivity contribution in [3.05, 3.63) is 28.8 Å². The molecule has 1 heterocycles. The second kappa shape index (κ2) is 4.69. The molecule has 0 saturated heterocycles. The van der Waals surface area contributed by atoms with Gasteiger partial charge in [0.1, 0.15) is 6.54 Å². The van der Waals surface area contributed by atoms with Gasteiger partial charge in [0, 0.05) is 13.1 Å². The molecule has 1 aliphatic carbocycles. The van der Waals surface area contributed by atoms with Crippen LogP contribution in [0.2, 0.25) is 0 Å². The highest BCUT2D eigenvalue weighted by atomic mass is 16.2. The summed E-state index contributed by atoms with van der Waals surface area (Å²) in [4.78, 5) is 39.5. The Labute approximate surface area is 123 Å². The Kier molecular flexibility index (Phi) is 3.08. The number of ketones is 1. The molecule has 1 aromatic rings. The Bertz CT molecular complexity index is 662. The lowest BCUT2D eigenvalue weighted by Crippen LogP contribution is -2.41. The molecular weight excluding hydrogens is 268 g/mol. The van der Waals surface area contributed by atoms with Gasteiger partial charge in [-0.15, -0.1) is 0 Å². The zero-order valence-corrected chi connectivity index (χ0v) is 12.5. The Morgan fingerprint density at radius 2 is 1.95 bits per heavy atom. The van der Waals surface area contributed by atoms with Crippen LogP contribution in [0, 0.1) is 13.8 Å². The van der Waals surface area contributed by atoms with E-state index in [0.29, 0.717) is 17.3 Å². The minimum atomic E-state index is -0.601. The fourth-order valence-electron chi connectivity index (χ4n) is 2.89. The van der Waals surface area contributed by atoms with Gasteiger partial charge in [-0.2, -0.15) is 0 Å². The number of carbonyl (C=O) groups excluding carboxylic acids is 3. The molecule has 0 atom stereocenters. The van der Waals surface area contributed by atoms with E-state index in [1.165, 1.54) is 4.90 Å². The number of fused-ring (bicyclic) bond motifs is 1. The first-order valence-corrected chi connectivity index (χ1v) is 7.13. The lowest BCUT2D eigenvalue weighted by molar-refractivity contribution is -0.130. The fraction of sp³-hybridized carbons (Fsp3) is 0.438. The van der Waals surface area contributed by atoms with E-state index in [1.807, 2.05) is 19.9 Å². The fourth-order valence-corrected chi connectivity index (χ4v) is 2.89. The summed E-state index contributed by atoms with van der Waals surface area (Å²) in [5.74, 6) is -1.23. The summed E-state index contributed by atoms with van der Waals surface area (Å²) < 4.78 is 0. The number of benzene rings is 1. The normalized spacial score (nSPS) is 17.2. The molecule has 1 fully saturated rings. The first kappa shape index (κ1) is 13.8. The van der Waals surface area contributed by atoms with Gasteiger partial charge in [0.05, 0.1) is 11.3 Å². The summed E-state index contributed by atoms with van der Waals surface area (Å²) in [6.45, 7) is 3.69. The molecule has 0 aromatic heterocycles. The molecule has 0 unspecified atom stereocenters. The second-order valence-electron chi connectivity index (χ2n) is 5.93. The van der Waals surface area contributed by atoms with Crippen molar-refractivity contribution < 1.29 is 14.4 Å². The summed E-state index contributed by atoms with van der Waals surface area (Å²) in [5.41, 5.74) is 2.80. The van der Waals surface area contributed by atoms with Crippen molar-refractivity contribution in [3.63, 3.8) is 0 Å². The van der Waals surface area contributed by atoms with Crippen LogP contribution in [0.5, 0.6) is 0 Å². The van der Waals surface area contributed by atoms with Gasteiger partial charge in [0.25, 0.3) is 11.7 Å². The van der Waals surface area contributed by atoms with Gasteiger partial charge in [-0.1, -0.05) is 6.07 Å². The number of anilines is 1. The summed E-state index contributed by atoms with van der Waals surface area (Å²) in [7, 11) is 1.76. The number of hydrogen-bond donors (Lipinski definition) is 0. The Balaban J connectivity index is 1.92. The van der Waals surface area contributed by atoms with Crippen LogP contribution in [0.15, 0.2) is 12.1 Å². The van der Waals surface area contributed by atoms with Gasteiger partial charge in [-0.05, 0) is 43.9 Å². The van der Waals surface area contributed by atoms with Gasteiger partial charge in [-0.3, -0.25) is 19.3 Å². The summed E-state index contributed by atoms with van der Waals surface area (Å²) >= 11 is 0. The van der Waals surface area contributed by atoms with E-state index in [4.69, 9.17) is 0 Å². The van der Waals surface area contributed by atoms with Crippen LogP contribution in [0.3, 0.4) is 0 Å². The first-order valence-electron chi connectivity index (χ1n) is 7.13. The van der Waals surface area contributed by atoms with Crippen molar-refractivity contribution >= 4 is 23.3 Å². The topological polar surface area (TPSA) is 57.7 Å². The number of aryl methyl sites for hydroxylation is 2. The van der Waals surface area contributed by atoms with Crippen LogP contribution in [0.1, 0.15) is 34.3 Å². The molecule has 5 nitrogen and oxygen atoms in total. The Morgan fingerprint density at radius 3 is 2.57 bits per heavy atom. The molecule has 1 aliphatic heterocycles. The molecule has 1 aromatic carbocycles. The van der Waals surface area contributed by atoms with Crippen molar-refractivity contribution in [3.8, 4) is 0 Å². The van der Waals surface area contributed by atoms with Crippen LogP contribution < -0.4 is 4.90 Å². The first-order chi connectivity index (χ1) is 9.90. The third-order valence-corrected chi connectivity index (χ3v) is 4.18. The van der Waals surface area contributed by atoms with Gasteiger partial charge in [0.2, 0.25) is 5.91 Å². The highest BCUT2D eigenvalue weighted by molar-refractivity contribution is 6.52. The standard InChI is InChI=1S/C16H18N2O3/c1-9-6-10(2)14-12(7-9)15(20)16(21)18(14)8-13(19)17(3)11-4-5-11/h6-7,11H,4-5,8H2,1-3H3. The SMILES string of the molecule is Cc1cc(C)c2c(c1)C(=O)C(=O)N2CC(=O)N(C)C1CC1. The van der Waals surface area contributed by atoms with Crippen LogP contribution >= 0.6 is 0 Å². The highest BCUT2D eigenvalue weighted by Gasteiger charge is 2.39. The number of carbonyl (C=O) groups is 3. The molecule has 110 valence electrons. The molecule has 0 bridgehead atoms. The Hall–Kier alpha value is -2.17. The number of hydrogen-bond acceptors (Lipinski definition) is 3. The monoisotopic (exact) mass is 286 g/mol. The van der Waals surface area contributed by atoms with Crippen LogP contribution in [0.4, 0.5) is 5.69 Å². The molecule has 1 saturated carbocycles. The Morgan fingerprint density at radius 1 is 1.29 bits per heavy atom. The van der Waals surface area contributed by atoms with Gasteiger partial charge in [0.15, 0.2) is 0 Å². The predicted molar refractivity (Wildman–Crippen MR) is 78.4 cm³/mol. The van der Waals surface area contributed by atoms with Gasteiger partial charge in [-0.25, -0.2) is 0 Å². The van der Waals surface area contributed by atoms with E-state index in [-0.39, 0.29) is 12.5 Å². The molecule has 0 N–H and O–H groups in total. The largest absolute Gasteiger partial charge is 0.341 e. The summed E-state index contributed by atoms with van der Waals surface area (Å²) in [6.07, 6.45) is 2.04. The minimum absolute atomic E-state index is 0.0610. The number of nitrogens with zero attached hydrogens (tertiary/aromatic N) is 2. The quantitative estimate of drug-likeness (QED) is 0.790. The molecule has 2 aliphatic rings. The molecule has 5 heteroatoms. The third kappa shape index (κ3) is 2.22. The molecular formula is C16H18N2O3. The van der Waals surface area contributed by atoms with Crippen molar-refractivity contribution in [1.29, 1.82) is 0 Å². The minimum Gasteiger partial charge on any atom is -0.341 e. The van der Waals surface area contributed by atoms with Crippen molar-refractivity contribution in [1.82, 2.24) is 4.90 Å². The van der Waals surface area contributed by atoms with E-state index in [1.54, 1.807) is 18.0 Å². The van der Waals surface area contributed by atoms with Gasteiger partial charge >= 0.3 is 0 Å².